The monoisotopic (exact) mass is 215 g/mol. The van der Waals surface area contributed by atoms with Gasteiger partial charge < -0.3 is 5.32 Å². The number of nitrogens with one attached hydrogen (secondary N) is 1. The highest BCUT2D eigenvalue weighted by atomic mass is 16.1. The second-order valence-electron chi connectivity index (χ2n) is 5.09. The maximum Gasteiger partial charge on any atom is 0.150 e. The normalized spacial score (nSPS) is 32.6. The Hall–Kier alpha value is -1.15. The van der Waals surface area contributed by atoms with Gasteiger partial charge in [0, 0.05) is 17.6 Å². The van der Waals surface area contributed by atoms with E-state index < -0.39 is 0 Å². The van der Waals surface area contributed by atoms with Crippen LogP contribution in [0.25, 0.3) is 0 Å². The molecule has 1 aromatic rings. The molecule has 2 fully saturated rings. The molecule has 1 N–H and O–H groups in total. The van der Waals surface area contributed by atoms with Crippen molar-refractivity contribution in [2.24, 2.45) is 0 Å². The summed E-state index contributed by atoms with van der Waals surface area (Å²) in [4.78, 5) is 10.6. The first-order valence-electron chi connectivity index (χ1n) is 6.16. The number of fused-ring (bicyclic) bond motifs is 2. The Morgan fingerprint density at radius 1 is 1.06 bits per heavy atom. The lowest BCUT2D eigenvalue weighted by Crippen LogP contribution is -2.37. The number of hydrogen-bond donors (Lipinski definition) is 1. The highest BCUT2D eigenvalue weighted by Gasteiger charge is 2.33. The molecular weight excluding hydrogens is 198 g/mol. The molecule has 0 aromatic heterocycles. The van der Waals surface area contributed by atoms with Crippen molar-refractivity contribution in [1.29, 1.82) is 0 Å². The Labute approximate surface area is 96.1 Å². The molecule has 2 atom stereocenters. The number of piperidine rings is 1. The molecule has 0 spiro atoms. The summed E-state index contributed by atoms with van der Waals surface area (Å²) in [6.07, 6.45) is 6.12. The van der Waals surface area contributed by atoms with Crippen molar-refractivity contribution in [2.45, 2.75) is 43.7 Å². The first-order valence-corrected chi connectivity index (χ1v) is 6.16. The molecule has 1 aromatic carbocycles. The lowest BCUT2D eigenvalue weighted by Gasteiger charge is -2.29. The van der Waals surface area contributed by atoms with Crippen LogP contribution in [0.15, 0.2) is 24.3 Å². The third-order valence-electron chi connectivity index (χ3n) is 4.02. The number of aldehydes is 1. The molecule has 2 heteroatoms. The van der Waals surface area contributed by atoms with Crippen LogP contribution in [0, 0.1) is 0 Å². The number of rotatable bonds is 2. The summed E-state index contributed by atoms with van der Waals surface area (Å²) >= 11 is 0. The quantitative estimate of drug-likeness (QED) is 0.768. The van der Waals surface area contributed by atoms with Crippen LogP contribution in [-0.4, -0.2) is 18.4 Å². The summed E-state index contributed by atoms with van der Waals surface area (Å²) in [5, 5.41) is 3.66. The summed E-state index contributed by atoms with van der Waals surface area (Å²) in [7, 11) is 0. The van der Waals surface area contributed by atoms with Crippen LogP contribution in [-0.2, 0) is 0 Å². The molecule has 84 valence electrons. The second kappa shape index (κ2) is 4.02. The van der Waals surface area contributed by atoms with E-state index in [0.717, 1.165) is 23.9 Å². The molecule has 2 aliphatic heterocycles. The maximum absolute atomic E-state index is 10.6. The fourth-order valence-electron chi connectivity index (χ4n) is 3.18. The van der Waals surface area contributed by atoms with Gasteiger partial charge in [-0.2, -0.15) is 0 Å². The minimum atomic E-state index is 0.694. The number of carbonyl (C=O) groups excluding carboxylic acids is 1. The minimum Gasteiger partial charge on any atom is -0.311 e. The predicted octanol–water partition coefficient (Wildman–Crippen LogP) is 2.50. The van der Waals surface area contributed by atoms with Gasteiger partial charge in [0.25, 0.3) is 0 Å². The molecule has 0 aliphatic carbocycles. The molecular formula is C14H17NO. The van der Waals surface area contributed by atoms with Crippen LogP contribution in [0.2, 0.25) is 0 Å². The molecule has 0 saturated carbocycles. The molecule has 3 rings (SSSR count). The Morgan fingerprint density at radius 3 is 2.25 bits per heavy atom. The van der Waals surface area contributed by atoms with E-state index in [0.29, 0.717) is 5.92 Å². The van der Waals surface area contributed by atoms with Crippen LogP contribution in [0.3, 0.4) is 0 Å². The molecule has 0 amide bonds. The van der Waals surface area contributed by atoms with Crippen molar-refractivity contribution in [1.82, 2.24) is 5.32 Å². The fourth-order valence-corrected chi connectivity index (χ4v) is 3.18. The Balaban J connectivity index is 1.78. The number of hydrogen-bond acceptors (Lipinski definition) is 2. The molecule has 2 heterocycles. The van der Waals surface area contributed by atoms with Crippen LogP contribution in [0.1, 0.15) is 47.5 Å². The van der Waals surface area contributed by atoms with Gasteiger partial charge in [0.1, 0.15) is 6.29 Å². The lowest BCUT2D eigenvalue weighted by atomic mass is 9.86. The van der Waals surface area contributed by atoms with E-state index in [2.05, 4.69) is 17.4 Å². The van der Waals surface area contributed by atoms with E-state index in [4.69, 9.17) is 0 Å². The van der Waals surface area contributed by atoms with Crippen molar-refractivity contribution in [3.05, 3.63) is 35.4 Å². The summed E-state index contributed by atoms with van der Waals surface area (Å²) in [6, 6.07) is 9.58. The van der Waals surface area contributed by atoms with Crippen molar-refractivity contribution in [3.8, 4) is 0 Å². The van der Waals surface area contributed by atoms with Gasteiger partial charge in [-0.3, -0.25) is 4.79 Å². The SMILES string of the molecule is O=Cc1ccc(C2CC3CCC(C2)N3)cc1. The summed E-state index contributed by atoms with van der Waals surface area (Å²) < 4.78 is 0. The molecule has 16 heavy (non-hydrogen) atoms. The summed E-state index contributed by atoms with van der Waals surface area (Å²) in [5.74, 6) is 0.694. The Morgan fingerprint density at radius 2 is 1.69 bits per heavy atom. The van der Waals surface area contributed by atoms with Crippen molar-refractivity contribution in [3.63, 3.8) is 0 Å². The van der Waals surface area contributed by atoms with Gasteiger partial charge in [0.05, 0.1) is 0 Å². The van der Waals surface area contributed by atoms with Gasteiger partial charge in [-0.15, -0.1) is 0 Å². The van der Waals surface area contributed by atoms with Crippen LogP contribution < -0.4 is 5.32 Å². The standard InChI is InChI=1S/C14H17NO/c16-9-10-1-3-11(4-2-10)12-7-13-5-6-14(8-12)15-13/h1-4,9,12-15H,5-8H2. The fraction of sp³-hybridized carbons (Fsp3) is 0.500. The third-order valence-corrected chi connectivity index (χ3v) is 4.02. The molecule has 2 unspecified atom stereocenters. The summed E-state index contributed by atoms with van der Waals surface area (Å²) in [6.45, 7) is 0. The van der Waals surface area contributed by atoms with E-state index in [9.17, 15) is 4.79 Å². The van der Waals surface area contributed by atoms with Crippen LogP contribution in [0.5, 0.6) is 0 Å². The van der Waals surface area contributed by atoms with Crippen molar-refractivity contribution in [2.75, 3.05) is 0 Å². The Bertz CT molecular complexity index is 372. The van der Waals surface area contributed by atoms with Gasteiger partial charge in [0.15, 0.2) is 0 Å². The highest BCUT2D eigenvalue weighted by molar-refractivity contribution is 5.74. The molecule has 2 aliphatic rings. The predicted molar refractivity (Wildman–Crippen MR) is 63.8 cm³/mol. The van der Waals surface area contributed by atoms with Crippen molar-refractivity contribution < 1.29 is 4.79 Å². The lowest BCUT2D eigenvalue weighted by molar-refractivity contribution is 0.112. The first-order chi connectivity index (χ1) is 7.85. The van der Waals surface area contributed by atoms with E-state index in [1.807, 2.05) is 12.1 Å². The van der Waals surface area contributed by atoms with E-state index in [1.165, 1.54) is 31.2 Å². The average Bonchev–Trinajstić information content (AvgIpc) is 2.68. The van der Waals surface area contributed by atoms with Crippen LogP contribution in [0.4, 0.5) is 0 Å². The van der Waals surface area contributed by atoms with Gasteiger partial charge in [-0.25, -0.2) is 0 Å². The molecule has 2 bridgehead atoms. The second-order valence-corrected chi connectivity index (χ2v) is 5.09. The first kappa shape index (κ1) is 10.0. The summed E-state index contributed by atoms with van der Waals surface area (Å²) in [5.41, 5.74) is 2.18. The largest absolute Gasteiger partial charge is 0.311 e. The number of carbonyl (C=O) groups is 1. The molecule has 2 saturated heterocycles. The van der Waals surface area contributed by atoms with E-state index in [-0.39, 0.29) is 0 Å². The van der Waals surface area contributed by atoms with Gasteiger partial charge in [0.2, 0.25) is 0 Å². The van der Waals surface area contributed by atoms with E-state index >= 15 is 0 Å². The minimum absolute atomic E-state index is 0.694. The molecule has 0 radical (unpaired) electrons. The van der Waals surface area contributed by atoms with E-state index in [1.54, 1.807) is 0 Å². The smallest absolute Gasteiger partial charge is 0.150 e. The Kier molecular flexibility index (Phi) is 2.52. The van der Waals surface area contributed by atoms with Gasteiger partial charge in [-0.1, -0.05) is 24.3 Å². The molecule has 2 nitrogen and oxygen atoms in total. The maximum atomic E-state index is 10.6. The zero-order valence-corrected chi connectivity index (χ0v) is 9.36. The zero-order chi connectivity index (χ0) is 11.0. The topological polar surface area (TPSA) is 29.1 Å². The third kappa shape index (κ3) is 1.78. The highest BCUT2D eigenvalue weighted by Crippen LogP contribution is 2.36. The zero-order valence-electron chi connectivity index (χ0n) is 9.36. The van der Waals surface area contributed by atoms with Crippen LogP contribution >= 0.6 is 0 Å². The average molecular weight is 215 g/mol. The van der Waals surface area contributed by atoms with Gasteiger partial charge >= 0.3 is 0 Å². The van der Waals surface area contributed by atoms with Crippen molar-refractivity contribution >= 4 is 6.29 Å². The number of benzene rings is 1. The van der Waals surface area contributed by atoms with Gasteiger partial charge in [-0.05, 0) is 37.2 Å².